The molecule has 0 spiro atoms. The zero-order chi connectivity index (χ0) is 10.2. The molecule has 4 nitrogen and oxygen atoms in total. The summed E-state index contributed by atoms with van der Waals surface area (Å²) in [7, 11) is 0. The van der Waals surface area contributed by atoms with Crippen LogP contribution < -0.4 is 16.8 Å². The quantitative estimate of drug-likeness (QED) is 0.608. The fraction of sp³-hybridized carbons (Fsp3) is 0.300. The highest BCUT2D eigenvalue weighted by Crippen LogP contribution is 2.45. The SMILES string of the molecule is NC(=O)NC1(c2ccc(N)cc2)CC1. The molecule has 2 amide bonds. The number of nitrogens with one attached hydrogen (secondary N) is 1. The second-order valence-electron chi connectivity index (χ2n) is 3.69. The molecular formula is C10H13N3O. The van der Waals surface area contributed by atoms with Crippen LogP contribution in [0.15, 0.2) is 24.3 Å². The van der Waals surface area contributed by atoms with Crippen LogP contribution in [0.4, 0.5) is 10.5 Å². The van der Waals surface area contributed by atoms with Gasteiger partial charge in [0.25, 0.3) is 0 Å². The first kappa shape index (κ1) is 8.87. The molecule has 5 N–H and O–H groups in total. The van der Waals surface area contributed by atoms with Crippen LogP contribution >= 0.6 is 0 Å². The third-order valence-corrected chi connectivity index (χ3v) is 2.58. The molecule has 2 rings (SSSR count). The number of rotatable bonds is 2. The molecule has 1 aromatic rings. The van der Waals surface area contributed by atoms with Crippen molar-refractivity contribution in [1.82, 2.24) is 5.32 Å². The lowest BCUT2D eigenvalue weighted by Crippen LogP contribution is -2.38. The van der Waals surface area contributed by atoms with Crippen molar-refractivity contribution in [1.29, 1.82) is 0 Å². The van der Waals surface area contributed by atoms with Crippen molar-refractivity contribution in [3.63, 3.8) is 0 Å². The predicted molar refractivity (Wildman–Crippen MR) is 54.5 cm³/mol. The molecule has 1 aliphatic rings. The van der Waals surface area contributed by atoms with E-state index in [0.717, 1.165) is 24.1 Å². The summed E-state index contributed by atoms with van der Waals surface area (Å²) in [5.41, 5.74) is 12.3. The summed E-state index contributed by atoms with van der Waals surface area (Å²) in [4.78, 5) is 10.8. The van der Waals surface area contributed by atoms with Crippen LogP contribution in [0, 0.1) is 0 Å². The molecule has 1 aromatic carbocycles. The third kappa shape index (κ3) is 1.51. The average molecular weight is 191 g/mol. The van der Waals surface area contributed by atoms with Gasteiger partial charge in [0.15, 0.2) is 0 Å². The summed E-state index contributed by atoms with van der Waals surface area (Å²) in [6.07, 6.45) is 1.89. The number of hydrogen-bond donors (Lipinski definition) is 3. The Bertz CT molecular complexity index is 354. The van der Waals surface area contributed by atoms with Crippen molar-refractivity contribution >= 4 is 11.7 Å². The number of nitrogen functional groups attached to an aromatic ring is 1. The Kier molecular flexibility index (Phi) is 1.84. The minimum absolute atomic E-state index is 0.223. The van der Waals surface area contributed by atoms with Gasteiger partial charge in [0.1, 0.15) is 0 Å². The molecule has 1 fully saturated rings. The van der Waals surface area contributed by atoms with E-state index in [0.29, 0.717) is 0 Å². The first-order valence-corrected chi connectivity index (χ1v) is 4.56. The van der Waals surface area contributed by atoms with Crippen LogP contribution in [0.25, 0.3) is 0 Å². The second-order valence-corrected chi connectivity index (χ2v) is 3.69. The topological polar surface area (TPSA) is 81.1 Å². The molecule has 4 heteroatoms. The fourth-order valence-corrected chi connectivity index (χ4v) is 1.65. The predicted octanol–water partition coefficient (Wildman–Crippen LogP) is 0.926. The zero-order valence-electron chi connectivity index (χ0n) is 7.79. The Morgan fingerprint density at radius 3 is 2.29 bits per heavy atom. The van der Waals surface area contributed by atoms with Crippen LogP contribution in [0.1, 0.15) is 18.4 Å². The van der Waals surface area contributed by atoms with E-state index in [2.05, 4.69) is 5.32 Å². The normalized spacial score (nSPS) is 17.4. The van der Waals surface area contributed by atoms with Gasteiger partial charge >= 0.3 is 6.03 Å². The van der Waals surface area contributed by atoms with Crippen molar-refractivity contribution in [3.8, 4) is 0 Å². The minimum Gasteiger partial charge on any atom is -0.399 e. The fourth-order valence-electron chi connectivity index (χ4n) is 1.65. The summed E-state index contributed by atoms with van der Waals surface area (Å²) < 4.78 is 0. The van der Waals surface area contributed by atoms with Gasteiger partial charge in [-0.2, -0.15) is 0 Å². The number of amides is 2. The van der Waals surface area contributed by atoms with Crippen molar-refractivity contribution in [2.75, 3.05) is 5.73 Å². The van der Waals surface area contributed by atoms with Gasteiger partial charge in [-0.1, -0.05) is 12.1 Å². The average Bonchev–Trinajstić information content (AvgIpc) is 2.85. The molecule has 0 aliphatic heterocycles. The maximum Gasteiger partial charge on any atom is 0.312 e. The van der Waals surface area contributed by atoms with Crippen LogP contribution in [0.3, 0.4) is 0 Å². The number of urea groups is 1. The molecule has 0 radical (unpaired) electrons. The molecule has 1 aliphatic carbocycles. The Morgan fingerprint density at radius 2 is 1.86 bits per heavy atom. The van der Waals surface area contributed by atoms with Crippen LogP contribution in [0.2, 0.25) is 0 Å². The van der Waals surface area contributed by atoms with Crippen LogP contribution in [-0.2, 0) is 5.54 Å². The maximum atomic E-state index is 10.8. The van der Waals surface area contributed by atoms with E-state index in [9.17, 15) is 4.79 Å². The van der Waals surface area contributed by atoms with E-state index in [-0.39, 0.29) is 5.54 Å². The van der Waals surface area contributed by atoms with Gasteiger partial charge in [-0.3, -0.25) is 0 Å². The Balaban J connectivity index is 2.22. The zero-order valence-corrected chi connectivity index (χ0v) is 7.79. The number of nitrogens with two attached hydrogens (primary N) is 2. The lowest BCUT2D eigenvalue weighted by Gasteiger charge is -2.16. The number of carbonyl (C=O) groups is 1. The maximum absolute atomic E-state index is 10.8. The van der Waals surface area contributed by atoms with Crippen molar-refractivity contribution in [2.45, 2.75) is 18.4 Å². The molecule has 14 heavy (non-hydrogen) atoms. The highest BCUT2D eigenvalue weighted by atomic mass is 16.2. The molecule has 1 saturated carbocycles. The largest absolute Gasteiger partial charge is 0.399 e. The van der Waals surface area contributed by atoms with E-state index in [1.54, 1.807) is 0 Å². The monoisotopic (exact) mass is 191 g/mol. The Hall–Kier alpha value is -1.71. The first-order valence-electron chi connectivity index (χ1n) is 4.56. The van der Waals surface area contributed by atoms with Gasteiger partial charge in [0.2, 0.25) is 0 Å². The standard InChI is InChI=1S/C10H13N3O/c11-8-3-1-7(2-4-8)10(5-6-10)13-9(12)14/h1-4H,5-6,11H2,(H3,12,13,14). The van der Waals surface area contributed by atoms with E-state index in [4.69, 9.17) is 11.5 Å². The van der Waals surface area contributed by atoms with Gasteiger partial charge in [-0.15, -0.1) is 0 Å². The number of primary amides is 1. The Labute approximate surface area is 82.3 Å². The van der Waals surface area contributed by atoms with Gasteiger partial charge in [-0.05, 0) is 30.5 Å². The molecule has 0 bridgehead atoms. The molecule has 74 valence electrons. The molecule has 0 aromatic heterocycles. The summed E-state index contributed by atoms with van der Waals surface area (Å²) in [6, 6.07) is 7.05. The molecule has 0 saturated heterocycles. The highest BCUT2D eigenvalue weighted by molar-refractivity contribution is 5.73. The molecule has 0 unspecified atom stereocenters. The number of carbonyl (C=O) groups excluding carboxylic acids is 1. The third-order valence-electron chi connectivity index (χ3n) is 2.58. The van der Waals surface area contributed by atoms with E-state index in [1.807, 2.05) is 24.3 Å². The van der Waals surface area contributed by atoms with Gasteiger partial charge in [-0.25, -0.2) is 4.79 Å². The van der Waals surface area contributed by atoms with Gasteiger partial charge in [0, 0.05) is 5.69 Å². The molecular weight excluding hydrogens is 178 g/mol. The van der Waals surface area contributed by atoms with Crippen molar-refractivity contribution in [3.05, 3.63) is 29.8 Å². The summed E-state index contributed by atoms with van der Waals surface area (Å²) in [5, 5.41) is 2.76. The summed E-state index contributed by atoms with van der Waals surface area (Å²) >= 11 is 0. The molecule has 0 atom stereocenters. The lowest BCUT2D eigenvalue weighted by molar-refractivity contribution is 0.244. The number of benzene rings is 1. The van der Waals surface area contributed by atoms with Crippen molar-refractivity contribution < 1.29 is 4.79 Å². The highest BCUT2D eigenvalue weighted by Gasteiger charge is 2.45. The first-order chi connectivity index (χ1) is 6.62. The Morgan fingerprint density at radius 1 is 1.29 bits per heavy atom. The van der Waals surface area contributed by atoms with E-state index < -0.39 is 6.03 Å². The number of anilines is 1. The molecule has 0 heterocycles. The van der Waals surface area contributed by atoms with Crippen LogP contribution in [-0.4, -0.2) is 6.03 Å². The lowest BCUT2D eigenvalue weighted by atomic mass is 10.0. The minimum atomic E-state index is -0.473. The van der Waals surface area contributed by atoms with Crippen molar-refractivity contribution in [2.24, 2.45) is 5.73 Å². The smallest absolute Gasteiger partial charge is 0.312 e. The van der Waals surface area contributed by atoms with Crippen LogP contribution in [0.5, 0.6) is 0 Å². The summed E-state index contributed by atoms with van der Waals surface area (Å²) in [5.74, 6) is 0. The second kappa shape index (κ2) is 2.90. The van der Waals surface area contributed by atoms with Gasteiger partial charge < -0.3 is 16.8 Å². The summed E-state index contributed by atoms with van der Waals surface area (Å²) in [6.45, 7) is 0. The van der Waals surface area contributed by atoms with Gasteiger partial charge in [0.05, 0.1) is 5.54 Å². The number of hydrogen-bond acceptors (Lipinski definition) is 2. The van der Waals surface area contributed by atoms with E-state index in [1.165, 1.54) is 0 Å². The van der Waals surface area contributed by atoms with E-state index >= 15 is 0 Å².